The number of nitrogens with zero attached hydrogens (tertiary/aromatic N) is 1. The quantitative estimate of drug-likeness (QED) is 0.564. The number of carboxylic acid groups (broad SMARTS) is 1. The number of carboxylic acids is 1. The Morgan fingerprint density at radius 3 is 2.00 bits per heavy atom. The van der Waals surface area contributed by atoms with Crippen molar-refractivity contribution < 1.29 is 85.0 Å². The van der Waals surface area contributed by atoms with Gasteiger partial charge in [-0.25, -0.2) is 4.79 Å². The second-order valence-corrected chi connectivity index (χ2v) is 8.05. The third kappa shape index (κ3) is 5.65. The monoisotopic (exact) mass is 467 g/mol. The molecule has 1 saturated heterocycles. The molecule has 2 aromatic carbocycles. The van der Waals surface area contributed by atoms with Gasteiger partial charge >= 0.3 is 57.5 Å². The molecule has 9 heteroatoms. The number of rotatable bonds is 5. The van der Waals surface area contributed by atoms with Gasteiger partial charge in [-0.15, -0.1) is 0 Å². The van der Waals surface area contributed by atoms with E-state index in [0.29, 0.717) is 22.6 Å². The molecule has 3 atom stereocenters. The molecule has 0 aromatic heterocycles. The van der Waals surface area contributed by atoms with Crippen LogP contribution in [0.4, 0.5) is 4.79 Å². The zero-order valence-corrected chi connectivity index (χ0v) is 22.3. The standard InChI is InChI=1S/C23H27NO7.K/c1-23(2,3)31-22(27)24-18(14-10-7-6-8-11-14)19(21(25)26)30-20(24)17-15(28-4)12-9-13-16(17)29-5;/h6-13,18-20H,1-5H3,(H,25,26);/q;+1/p-1/t18-,19+,20?;/m0./s1. The van der Waals surface area contributed by atoms with Crippen molar-refractivity contribution >= 4 is 12.1 Å². The van der Waals surface area contributed by atoms with E-state index in [2.05, 4.69) is 0 Å². The van der Waals surface area contributed by atoms with Crippen molar-refractivity contribution in [3.63, 3.8) is 0 Å². The summed E-state index contributed by atoms with van der Waals surface area (Å²) in [6.07, 6.45) is -3.31. The van der Waals surface area contributed by atoms with Crippen LogP contribution >= 0.6 is 0 Å². The summed E-state index contributed by atoms with van der Waals surface area (Å²) < 4.78 is 22.5. The number of carbonyl (C=O) groups is 2. The average Bonchev–Trinajstić information content (AvgIpc) is 3.13. The van der Waals surface area contributed by atoms with Crippen LogP contribution in [0.2, 0.25) is 0 Å². The van der Waals surface area contributed by atoms with E-state index in [1.807, 2.05) is 0 Å². The fourth-order valence-electron chi connectivity index (χ4n) is 3.59. The molecule has 0 spiro atoms. The molecule has 1 amide bonds. The van der Waals surface area contributed by atoms with E-state index in [0.717, 1.165) is 0 Å². The van der Waals surface area contributed by atoms with Crippen molar-refractivity contribution in [2.75, 3.05) is 14.2 Å². The number of aliphatic carboxylic acids is 1. The maximum atomic E-state index is 13.3. The van der Waals surface area contributed by atoms with E-state index in [4.69, 9.17) is 18.9 Å². The van der Waals surface area contributed by atoms with Gasteiger partial charge in [-0.2, -0.15) is 0 Å². The zero-order valence-electron chi connectivity index (χ0n) is 19.2. The Bertz CT molecular complexity index is 923. The van der Waals surface area contributed by atoms with E-state index in [9.17, 15) is 14.7 Å². The van der Waals surface area contributed by atoms with E-state index >= 15 is 0 Å². The van der Waals surface area contributed by atoms with Crippen LogP contribution in [0.5, 0.6) is 11.5 Å². The van der Waals surface area contributed by atoms with Gasteiger partial charge < -0.3 is 28.8 Å². The Morgan fingerprint density at radius 2 is 1.53 bits per heavy atom. The molecule has 1 aliphatic heterocycles. The molecule has 1 aliphatic rings. The summed E-state index contributed by atoms with van der Waals surface area (Å²) >= 11 is 0. The number of methoxy groups -OCH3 is 2. The summed E-state index contributed by atoms with van der Waals surface area (Å²) in [7, 11) is 2.94. The molecule has 0 N–H and O–H groups in total. The third-order valence-corrected chi connectivity index (χ3v) is 4.81. The molecule has 1 heterocycles. The molecule has 3 rings (SSSR count). The van der Waals surface area contributed by atoms with Crippen molar-refractivity contribution in [2.45, 2.75) is 44.7 Å². The second kappa shape index (κ2) is 11.0. The largest absolute Gasteiger partial charge is 1.00 e. The maximum Gasteiger partial charge on any atom is 1.00 e. The first-order valence-corrected chi connectivity index (χ1v) is 9.81. The fourth-order valence-corrected chi connectivity index (χ4v) is 3.59. The Hall–Kier alpha value is -1.62. The molecule has 8 nitrogen and oxygen atoms in total. The molecular formula is C23H26KNO7. The average molecular weight is 468 g/mol. The van der Waals surface area contributed by atoms with Crippen LogP contribution in [-0.4, -0.2) is 42.9 Å². The molecular weight excluding hydrogens is 441 g/mol. The predicted octanol–water partition coefficient (Wildman–Crippen LogP) is -0.166. The molecule has 0 radical (unpaired) electrons. The summed E-state index contributed by atoms with van der Waals surface area (Å²) in [5, 5.41) is 12.0. The van der Waals surface area contributed by atoms with Gasteiger partial charge in [0.05, 0.1) is 31.8 Å². The first-order valence-electron chi connectivity index (χ1n) is 9.81. The van der Waals surface area contributed by atoms with E-state index in [-0.39, 0.29) is 51.4 Å². The smallest absolute Gasteiger partial charge is 0.547 e. The van der Waals surface area contributed by atoms with Crippen LogP contribution in [0.1, 0.15) is 44.2 Å². The van der Waals surface area contributed by atoms with Crippen LogP contribution < -0.4 is 66.0 Å². The summed E-state index contributed by atoms with van der Waals surface area (Å²) in [5.74, 6) is -0.689. The van der Waals surface area contributed by atoms with Crippen LogP contribution in [0.25, 0.3) is 0 Å². The fraction of sp³-hybridized carbons (Fsp3) is 0.391. The first kappa shape index (κ1) is 26.6. The van der Waals surface area contributed by atoms with Gasteiger partial charge in [0.2, 0.25) is 0 Å². The van der Waals surface area contributed by atoms with E-state index < -0.39 is 36.0 Å². The number of benzene rings is 2. The number of ether oxygens (including phenoxy) is 4. The van der Waals surface area contributed by atoms with Gasteiger partial charge in [0.15, 0.2) is 6.23 Å². The Morgan fingerprint density at radius 1 is 0.969 bits per heavy atom. The van der Waals surface area contributed by atoms with Gasteiger partial charge in [0, 0.05) is 0 Å². The minimum absolute atomic E-state index is 0. The summed E-state index contributed by atoms with van der Waals surface area (Å²) in [6, 6.07) is 12.9. The predicted molar refractivity (Wildman–Crippen MR) is 109 cm³/mol. The van der Waals surface area contributed by atoms with E-state index in [1.54, 1.807) is 69.3 Å². The molecule has 0 bridgehead atoms. The van der Waals surface area contributed by atoms with Gasteiger partial charge in [0.1, 0.15) is 23.2 Å². The van der Waals surface area contributed by atoms with Crippen molar-refractivity contribution in [1.82, 2.24) is 4.90 Å². The number of hydrogen-bond acceptors (Lipinski definition) is 7. The van der Waals surface area contributed by atoms with Crippen LogP contribution in [0.3, 0.4) is 0 Å². The van der Waals surface area contributed by atoms with Crippen molar-refractivity contribution in [2.24, 2.45) is 0 Å². The Kier molecular flexibility index (Phi) is 9.15. The SMILES string of the molecule is COc1cccc(OC)c1C1O[C@@H](C(=O)[O-])[C@H](c2ccccc2)N1C(=O)OC(C)(C)C.[K+]. The molecule has 0 aliphatic carbocycles. The van der Waals surface area contributed by atoms with Crippen molar-refractivity contribution in [1.29, 1.82) is 0 Å². The van der Waals surface area contributed by atoms with Crippen LogP contribution in [-0.2, 0) is 14.3 Å². The Labute approximate surface area is 230 Å². The number of carbonyl (C=O) groups excluding carboxylic acids is 2. The number of amides is 1. The van der Waals surface area contributed by atoms with Gasteiger partial charge in [-0.05, 0) is 38.5 Å². The van der Waals surface area contributed by atoms with Crippen molar-refractivity contribution in [3.8, 4) is 11.5 Å². The van der Waals surface area contributed by atoms with Gasteiger partial charge in [0.25, 0.3) is 0 Å². The maximum absolute atomic E-state index is 13.3. The molecule has 1 fully saturated rings. The minimum Gasteiger partial charge on any atom is -0.547 e. The minimum atomic E-state index is -1.45. The summed E-state index contributed by atoms with van der Waals surface area (Å²) in [6.45, 7) is 5.19. The van der Waals surface area contributed by atoms with Crippen molar-refractivity contribution in [3.05, 3.63) is 59.7 Å². The summed E-state index contributed by atoms with van der Waals surface area (Å²) in [5.41, 5.74) is 0.134. The first-order chi connectivity index (χ1) is 14.7. The Balaban J connectivity index is 0.00000363. The normalized spacial score (nSPS) is 20.3. The van der Waals surface area contributed by atoms with Crippen LogP contribution in [0, 0.1) is 0 Å². The number of hydrogen-bond donors (Lipinski definition) is 0. The molecule has 0 saturated carbocycles. The van der Waals surface area contributed by atoms with Crippen LogP contribution in [0.15, 0.2) is 48.5 Å². The molecule has 2 aromatic rings. The third-order valence-electron chi connectivity index (χ3n) is 4.81. The topological polar surface area (TPSA) is 97.4 Å². The van der Waals surface area contributed by atoms with Gasteiger partial charge in [-0.3, -0.25) is 4.90 Å². The zero-order chi connectivity index (χ0) is 22.8. The molecule has 166 valence electrons. The molecule has 32 heavy (non-hydrogen) atoms. The van der Waals surface area contributed by atoms with Gasteiger partial charge in [-0.1, -0.05) is 36.4 Å². The summed E-state index contributed by atoms with van der Waals surface area (Å²) in [4.78, 5) is 26.6. The molecule has 1 unspecified atom stereocenters. The second-order valence-electron chi connectivity index (χ2n) is 8.05. The van der Waals surface area contributed by atoms with E-state index in [1.165, 1.54) is 19.1 Å².